The number of nitrogens with one attached hydrogen (secondary N) is 1. The lowest BCUT2D eigenvalue weighted by atomic mass is 9.98. The second-order valence-electron chi connectivity index (χ2n) is 7.33. The van der Waals surface area contributed by atoms with Gasteiger partial charge in [0.15, 0.2) is 5.58 Å². The van der Waals surface area contributed by atoms with Crippen molar-refractivity contribution < 1.29 is 9.21 Å². The van der Waals surface area contributed by atoms with Gasteiger partial charge in [0.25, 0.3) is 5.91 Å². The fraction of sp³-hybridized carbons (Fsp3) is 0.167. The molecule has 31 heavy (non-hydrogen) atoms. The lowest BCUT2D eigenvalue weighted by Crippen LogP contribution is -2.12. The predicted octanol–water partition coefficient (Wildman–Crippen LogP) is 8.22. The molecule has 1 amide bonds. The normalized spacial score (nSPS) is 12.2. The molecule has 1 atom stereocenters. The molecule has 0 aliphatic rings. The van der Waals surface area contributed by atoms with Crippen LogP contribution in [-0.2, 0) is 0 Å². The molecule has 0 bridgehead atoms. The number of oxazole rings is 1. The van der Waals surface area contributed by atoms with Crippen LogP contribution in [0, 0.1) is 0 Å². The van der Waals surface area contributed by atoms with Crippen LogP contribution >= 0.6 is 34.8 Å². The summed E-state index contributed by atoms with van der Waals surface area (Å²) in [4.78, 5) is 17.3. The molecule has 4 aromatic rings. The zero-order valence-corrected chi connectivity index (χ0v) is 19.1. The number of aromatic nitrogens is 1. The van der Waals surface area contributed by atoms with Gasteiger partial charge in [0.05, 0.1) is 21.3 Å². The third kappa shape index (κ3) is 4.57. The van der Waals surface area contributed by atoms with E-state index >= 15 is 0 Å². The lowest BCUT2D eigenvalue weighted by molar-refractivity contribution is 0.102. The van der Waals surface area contributed by atoms with Crippen molar-refractivity contribution in [2.75, 3.05) is 5.32 Å². The van der Waals surface area contributed by atoms with E-state index in [-0.39, 0.29) is 5.02 Å². The quantitative estimate of drug-likeness (QED) is 0.317. The van der Waals surface area contributed by atoms with Gasteiger partial charge < -0.3 is 9.73 Å². The first-order valence-electron chi connectivity index (χ1n) is 9.82. The van der Waals surface area contributed by atoms with Crippen molar-refractivity contribution in [2.45, 2.75) is 26.2 Å². The molecule has 1 aromatic heterocycles. The van der Waals surface area contributed by atoms with Crippen molar-refractivity contribution in [1.82, 2.24) is 4.98 Å². The number of hydrogen-bond acceptors (Lipinski definition) is 3. The zero-order chi connectivity index (χ0) is 22.1. The number of anilines is 1. The van der Waals surface area contributed by atoms with Gasteiger partial charge in [-0.2, -0.15) is 0 Å². The van der Waals surface area contributed by atoms with E-state index in [0.29, 0.717) is 44.3 Å². The summed E-state index contributed by atoms with van der Waals surface area (Å²) in [6.45, 7) is 4.34. The van der Waals surface area contributed by atoms with Crippen LogP contribution in [0.2, 0.25) is 15.1 Å². The number of halogens is 3. The van der Waals surface area contributed by atoms with Gasteiger partial charge in [-0.25, -0.2) is 4.98 Å². The molecule has 0 aliphatic heterocycles. The van der Waals surface area contributed by atoms with Gasteiger partial charge >= 0.3 is 0 Å². The number of nitrogens with zero attached hydrogens (tertiary/aromatic N) is 1. The molecule has 1 N–H and O–H groups in total. The van der Waals surface area contributed by atoms with Gasteiger partial charge in [-0.1, -0.05) is 54.7 Å². The van der Waals surface area contributed by atoms with Crippen LogP contribution < -0.4 is 5.32 Å². The van der Waals surface area contributed by atoms with Gasteiger partial charge in [0.2, 0.25) is 5.89 Å². The van der Waals surface area contributed by atoms with E-state index in [1.54, 1.807) is 30.3 Å². The highest BCUT2D eigenvalue weighted by Gasteiger charge is 2.16. The smallest absolute Gasteiger partial charge is 0.257 e. The zero-order valence-electron chi connectivity index (χ0n) is 16.9. The summed E-state index contributed by atoms with van der Waals surface area (Å²) in [6, 6.07) is 16.0. The Balaban J connectivity index is 1.65. The molecule has 0 radical (unpaired) electrons. The third-order valence-electron chi connectivity index (χ3n) is 5.23. The third-order valence-corrected chi connectivity index (χ3v) is 6.11. The molecule has 0 spiro atoms. The Morgan fingerprint density at radius 1 is 1.03 bits per heavy atom. The topological polar surface area (TPSA) is 55.1 Å². The van der Waals surface area contributed by atoms with E-state index in [9.17, 15) is 4.79 Å². The summed E-state index contributed by atoms with van der Waals surface area (Å²) < 4.78 is 5.94. The largest absolute Gasteiger partial charge is 0.436 e. The van der Waals surface area contributed by atoms with E-state index in [2.05, 4.69) is 36.3 Å². The molecule has 1 heterocycles. The SMILES string of the molecule is CC[C@H](C)c1ccc2oc(-c3ccc(Cl)c(NC(=O)c4ccc(Cl)cc4Cl)c3)nc2c1. The van der Waals surface area contributed by atoms with Crippen LogP contribution in [0.5, 0.6) is 0 Å². The fourth-order valence-electron chi connectivity index (χ4n) is 3.23. The summed E-state index contributed by atoms with van der Waals surface area (Å²) in [6.07, 6.45) is 1.05. The minimum absolute atomic E-state index is 0.258. The fourth-order valence-corrected chi connectivity index (χ4v) is 3.89. The molecule has 3 aromatic carbocycles. The lowest BCUT2D eigenvalue weighted by Gasteiger charge is -2.10. The number of rotatable bonds is 5. The van der Waals surface area contributed by atoms with Crippen LogP contribution in [0.4, 0.5) is 5.69 Å². The first-order valence-corrected chi connectivity index (χ1v) is 11.0. The highest BCUT2D eigenvalue weighted by atomic mass is 35.5. The maximum atomic E-state index is 12.7. The Bertz CT molecular complexity index is 1280. The second kappa shape index (κ2) is 8.91. The molecule has 0 saturated carbocycles. The summed E-state index contributed by atoms with van der Waals surface area (Å²) in [7, 11) is 0. The predicted molar refractivity (Wildman–Crippen MR) is 128 cm³/mol. The van der Waals surface area contributed by atoms with Crippen molar-refractivity contribution in [3.05, 3.63) is 80.8 Å². The summed E-state index contributed by atoms with van der Waals surface area (Å²) in [5.41, 5.74) is 4.14. The molecule has 0 saturated heterocycles. The standard InChI is InChI=1S/C24H19Cl3N2O2/c1-3-13(2)14-5-9-22-21(10-14)29-24(31-22)15-4-8-18(26)20(11-15)28-23(30)17-7-6-16(25)12-19(17)27/h4-13H,3H2,1-2H3,(H,28,30)/t13-/m0/s1. The number of carbonyl (C=O) groups excluding carboxylic acids is 1. The first-order chi connectivity index (χ1) is 14.9. The number of carbonyl (C=O) groups is 1. The van der Waals surface area contributed by atoms with Gasteiger partial charge in [0, 0.05) is 10.6 Å². The van der Waals surface area contributed by atoms with Gasteiger partial charge in [-0.05, 0) is 66.4 Å². The Labute approximate surface area is 195 Å². The summed E-state index contributed by atoms with van der Waals surface area (Å²) in [5, 5.41) is 3.89. The number of benzene rings is 3. The average Bonchev–Trinajstić information content (AvgIpc) is 3.18. The van der Waals surface area contributed by atoms with Crippen molar-refractivity contribution in [3.8, 4) is 11.5 Å². The molecular formula is C24H19Cl3N2O2. The summed E-state index contributed by atoms with van der Waals surface area (Å²) in [5.74, 6) is 0.506. The van der Waals surface area contributed by atoms with Gasteiger partial charge in [0.1, 0.15) is 5.52 Å². The molecule has 158 valence electrons. The van der Waals surface area contributed by atoms with Crippen LogP contribution in [0.15, 0.2) is 59.0 Å². The molecule has 0 unspecified atom stereocenters. The van der Waals surface area contributed by atoms with Gasteiger partial charge in [-0.15, -0.1) is 0 Å². The number of fused-ring (bicyclic) bond motifs is 1. The molecule has 7 heteroatoms. The van der Waals surface area contributed by atoms with E-state index in [1.165, 1.54) is 11.6 Å². The minimum Gasteiger partial charge on any atom is -0.436 e. The van der Waals surface area contributed by atoms with Crippen LogP contribution in [0.25, 0.3) is 22.6 Å². The Morgan fingerprint density at radius 2 is 1.84 bits per heavy atom. The van der Waals surface area contributed by atoms with Crippen LogP contribution in [0.1, 0.15) is 42.1 Å². The van der Waals surface area contributed by atoms with E-state index in [1.807, 2.05) is 6.07 Å². The second-order valence-corrected chi connectivity index (χ2v) is 8.58. The van der Waals surface area contributed by atoms with Crippen molar-refractivity contribution in [2.24, 2.45) is 0 Å². The van der Waals surface area contributed by atoms with E-state index in [4.69, 9.17) is 39.2 Å². The molecule has 0 aliphatic carbocycles. The van der Waals surface area contributed by atoms with Crippen LogP contribution in [-0.4, -0.2) is 10.9 Å². The van der Waals surface area contributed by atoms with Crippen LogP contribution in [0.3, 0.4) is 0 Å². The van der Waals surface area contributed by atoms with E-state index in [0.717, 1.165) is 11.9 Å². The monoisotopic (exact) mass is 472 g/mol. The molecule has 0 fully saturated rings. The highest BCUT2D eigenvalue weighted by molar-refractivity contribution is 6.37. The Kier molecular flexibility index (Phi) is 6.24. The summed E-state index contributed by atoms with van der Waals surface area (Å²) >= 11 is 18.4. The van der Waals surface area contributed by atoms with Gasteiger partial charge in [-0.3, -0.25) is 4.79 Å². The molecular weight excluding hydrogens is 455 g/mol. The molecule has 4 nitrogen and oxygen atoms in total. The first kappa shape index (κ1) is 21.7. The number of hydrogen-bond donors (Lipinski definition) is 1. The van der Waals surface area contributed by atoms with Crippen molar-refractivity contribution >= 4 is 57.5 Å². The highest BCUT2D eigenvalue weighted by Crippen LogP contribution is 2.32. The van der Waals surface area contributed by atoms with Crippen molar-refractivity contribution in [1.29, 1.82) is 0 Å². The van der Waals surface area contributed by atoms with Crippen molar-refractivity contribution in [3.63, 3.8) is 0 Å². The Hall–Kier alpha value is -2.53. The number of amides is 1. The maximum Gasteiger partial charge on any atom is 0.257 e. The maximum absolute atomic E-state index is 12.7. The minimum atomic E-state index is -0.392. The average molecular weight is 474 g/mol. The molecule has 4 rings (SSSR count). The van der Waals surface area contributed by atoms with E-state index < -0.39 is 5.91 Å². The Morgan fingerprint density at radius 3 is 2.58 bits per heavy atom.